The molecule has 0 spiro atoms. The number of halogens is 1. The fourth-order valence-corrected chi connectivity index (χ4v) is 2.08. The van der Waals surface area contributed by atoms with Crippen molar-refractivity contribution in [1.82, 2.24) is 0 Å². The van der Waals surface area contributed by atoms with E-state index in [1.807, 2.05) is 4.90 Å². The van der Waals surface area contributed by atoms with Crippen LogP contribution >= 0.6 is 11.6 Å². The van der Waals surface area contributed by atoms with Gasteiger partial charge in [-0.3, -0.25) is 4.79 Å². The van der Waals surface area contributed by atoms with Gasteiger partial charge in [0.05, 0.1) is 16.4 Å². The van der Waals surface area contributed by atoms with Crippen LogP contribution in [0.5, 0.6) is 0 Å². The van der Waals surface area contributed by atoms with Crippen LogP contribution in [-0.2, 0) is 4.79 Å². The molecule has 1 aliphatic heterocycles. The zero-order chi connectivity index (χ0) is 11.0. The molecule has 1 aromatic rings. The van der Waals surface area contributed by atoms with Gasteiger partial charge in [0, 0.05) is 6.54 Å². The second kappa shape index (κ2) is 3.62. The minimum absolute atomic E-state index is 0.271. The number of hydrogen-bond acceptors (Lipinski definition) is 3. The molecule has 0 bridgehead atoms. The first-order chi connectivity index (χ1) is 7.11. The smallest absolute Gasteiger partial charge is 0.240 e. The maximum atomic E-state index is 11.1. The van der Waals surface area contributed by atoms with Crippen molar-refractivity contribution in [3.05, 3.63) is 23.2 Å². The lowest BCUT2D eigenvalue weighted by molar-refractivity contribution is -0.120. The molecule has 1 saturated heterocycles. The number of carbonyl (C=O) groups is 1. The normalized spacial score (nSPS) is 19.8. The minimum atomic E-state index is -0.333. The highest BCUT2D eigenvalue weighted by molar-refractivity contribution is 6.34. The van der Waals surface area contributed by atoms with Gasteiger partial charge in [0.2, 0.25) is 5.91 Å². The number of hydrogen-bond donors (Lipinski definition) is 2. The van der Waals surface area contributed by atoms with E-state index in [-0.39, 0.29) is 11.9 Å². The summed E-state index contributed by atoms with van der Waals surface area (Å²) in [6, 6.07) is 5.02. The summed E-state index contributed by atoms with van der Waals surface area (Å²) in [7, 11) is 0. The molecule has 0 saturated carbocycles. The van der Waals surface area contributed by atoms with Gasteiger partial charge in [-0.25, -0.2) is 0 Å². The number of benzene rings is 1. The number of anilines is 2. The third-order valence-corrected chi connectivity index (χ3v) is 2.96. The number of primary amides is 1. The van der Waals surface area contributed by atoms with Crippen molar-refractivity contribution >= 4 is 28.9 Å². The Bertz CT molecular complexity index is 387. The fourth-order valence-electron chi connectivity index (χ4n) is 1.79. The zero-order valence-electron chi connectivity index (χ0n) is 8.11. The van der Waals surface area contributed by atoms with Crippen LogP contribution in [0.4, 0.5) is 11.4 Å². The summed E-state index contributed by atoms with van der Waals surface area (Å²) in [6.45, 7) is 0.765. The zero-order valence-corrected chi connectivity index (χ0v) is 8.87. The Hall–Kier alpha value is -1.42. The first-order valence-electron chi connectivity index (χ1n) is 4.71. The molecular weight excluding hydrogens is 214 g/mol. The lowest BCUT2D eigenvalue weighted by atomic mass is 10.0. The molecule has 1 atom stereocenters. The van der Waals surface area contributed by atoms with Gasteiger partial charge in [-0.1, -0.05) is 17.7 Å². The van der Waals surface area contributed by atoms with Crippen LogP contribution in [0.3, 0.4) is 0 Å². The van der Waals surface area contributed by atoms with Crippen molar-refractivity contribution in [3.8, 4) is 0 Å². The molecule has 4 N–H and O–H groups in total. The summed E-state index contributed by atoms with van der Waals surface area (Å²) in [6.07, 6.45) is 0.764. The predicted molar refractivity (Wildman–Crippen MR) is 60.8 cm³/mol. The largest absolute Gasteiger partial charge is 0.397 e. The molecule has 80 valence electrons. The van der Waals surface area contributed by atoms with Crippen LogP contribution in [0.2, 0.25) is 5.02 Å². The molecule has 1 heterocycles. The van der Waals surface area contributed by atoms with E-state index in [9.17, 15) is 4.79 Å². The van der Waals surface area contributed by atoms with Crippen molar-refractivity contribution in [2.24, 2.45) is 5.73 Å². The van der Waals surface area contributed by atoms with Gasteiger partial charge in [-0.2, -0.15) is 0 Å². The number of nitrogen functional groups attached to an aromatic ring is 1. The maximum Gasteiger partial charge on any atom is 0.240 e. The molecule has 15 heavy (non-hydrogen) atoms. The van der Waals surface area contributed by atoms with E-state index in [1.54, 1.807) is 18.2 Å². The molecule has 5 heteroatoms. The maximum absolute atomic E-state index is 11.1. The van der Waals surface area contributed by atoms with Crippen LogP contribution in [0.15, 0.2) is 18.2 Å². The topological polar surface area (TPSA) is 72.4 Å². The van der Waals surface area contributed by atoms with Crippen molar-refractivity contribution in [2.45, 2.75) is 12.5 Å². The van der Waals surface area contributed by atoms with E-state index in [0.29, 0.717) is 16.4 Å². The fraction of sp³-hybridized carbons (Fsp3) is 0.300. The van der Waals surface area contributed by atoms with Gasteiger partial charge >= 0.3 is 0 Å². The Morgan fingerprint density at radius 3 is 2.73 bits per heavy atom. The van der Waals surface area contributed by atoms with Gasteiger partial charge in [0.1, 0.15) is 6.04 Å². The van der Waals surface area contributed by atoms with Crippen LogP contribution < -0.4 is 16.4 Å². The molecule has 4 nitrogen and oxygen atoms in total. The van der Waals surface area contributed by atoms with E-state index in [2.05, 4.69) is 0 Å². The van der Waals surface area contributed by atoms with Crippen molar-refractivity contribution in [3.63, 3.8) is 0 Å². The molecule has 1 unspecified atom stereocenters. The molecule has 0 radical (unpaired) electrons. The first-order valence-corrected chi connectivity index (χ1v) is 5.09. The van der Waals surface area contributed by atoms with E-state index in [4.69, 9.17) is 23.1 Å². The highest BCUT2D eigenvalue weighted by atomic mass is 35.5. The Kier molecular flexibility index (Phi) is 2.44. The molecule has 0 aliphatic carbocycles. The Morgan fingerprint density at radius 2 is 2.27 bits per heavy atom. The van der Waals surface area contributed by atoms with Gasteiger partial charge in [0.15, 0.2) is 0 Å². The summed E-state index contributed by atoms with van der Waals surface area (Å²) >= 11 is 6.03. The van der Waals surface area contributed by atoms with Gasteiger partial charge in [-0.05, 0) is 18.6 Å². The number of nitrogens with zero attached hydrogens (tertiary/aromatic N) is 1. The highest BCUT2D eigenvalue weighted by Gasteiger charge is 2.34. The number of amides is 1. The summed E-state index contributed by atoms with van der Waals surface area (Å²) in [5.74, 6) is -0.333. The van der Waals surface area contributed by atoms with E-state index in [1.165, 1.54) is 0 Å². The third-order valence-electron chi connectivity index (χ3n) is 2.65. The van der Waals surface area contributed by atoms with Crippen LogP contribution in [0, 0.1) is 0 Å². The van der Waals surface area contributed by atoms with E-state index < -0.39 is 0 Å². The standard InChI is InChI=1S/C10H12ClN3O/c11-6-2-1-3-7(12)9(6)14-5-4-8(14)10(13)15/h1-3,8H,4-5,12H2,(H2,13,15). The summed E-state index contributed by atoms with van der Waals surface area (Å²) in [4.78, 5) is 12.9. The summed E-state index contributed by atoms with van der Waals surface area (Å²) in [5.41, 5.74) is 12.4. The number of carbonyl (C=O) groups excluding carboxylic acids is 1. The van der Waals surface area contributed by atoms with Gasteiger partial charge in [-0.15, -0.1) is 0 Å². The predicted octanol–water partition coefficient (Wildman–Crippen LogP) is 0.986. The number of rotatable bonds is 2. The molecule has 1 amide bonds. The SMILES string of the molecule is NC(=O)C1CCN1c1c(N)cccc1Cl. The number of para-hydroxylation sites is 1. The molecule has 1 fully saturated rings. The molecular formula is C10H12ClN3O. The van der Waals surface area contributed by atoms with Crippen molar-refractivity contribution in [2.75, 3.05) is 17.2 Å². The van der Waals surface area contributed by atoms with Gasteiger partial charge < -0.3 is 16.4 Å². The molecule has 1 aromatic carbocycles. The summed E-state index contributed by atoms with van der Waals surface area (Å²) < 4.78 is 0. The third kappa shape index (κ3) is 1.61. The second-order valence-electron chi connectivity index (χ2n) is 3.58. The van der Waals surface area contributed by atoms with Crippen LogP contribution in [-0.4, -0.2) is 18.5 Å². The summed E-state index contributed by atoms with van der Waals surface area (Å²) in [5, 5.41) is 0.556. The Balaban J connectivity index is 2.34. The van der Waals surface area contributed by atoms with Gasteiger partial charge in [0.25, 0.3) is 0 Å². The lowest BCUT2D eigenvalue weighted by Gasteiger charge is -2.41. The van der Waals surface area contributed by atoms with Crippen molar-refractivity contribution in [1.29, 1.82) is 0 Å². The van der Waals surface area contributed by atoms with Crippen LogP contribution in [0.1, 0.15) is 6.42 Å². The molecule has 1 aliphatic rings. The Morgan fingerprint density at radius 1 is 1.53 bits per heavy atom. The van der Waals surface area contributed by atoms with E-state index in [0.717, 1.165) is 13.0 Å². The molecule has 2 rings (SSSR count). The quantitative estimate of drug-likeness (QED) is 0.738. The molecule has 0 aromatic heterocycles. The second-order valence-corrected chi connectivity index (χ2v) is 3.99. The van der Waals surface area contributed by atoms with Crippen LogP contribution in [0.25, 0.3) is 0 Å². The van der Waals surface area contributed by atoms with E-state index >= 15 is 0 Å². The highest BCUT2D eigenvalue weighted by Crippen LogP contribution is 2.37. The lowest BCUT2D eigenvalue weighted by Crippen LogP contribution is -2.55. The minimum Gasteiger partial charge on any atom is -0.397 e. The Labute approximate surface area is 92.8 Å². The average Bonchev–Trinajstić information content (AvgIpc) is 2.08. The number of nitrogens with two attached hydrogens (primary N) is 2. The average molecular weight is 226 g/mol. The first kappa shape index (κ1) is 10.1. The van der Waals surface area contributed by atoms with Crippen molar-refractivity contribution < 1.29 is 4.79 Å². The monoisotopic (exact) mass is 225 g/mol.